The molecule has 2 rings (SSSR count). The minimum absolute atomic E-state index is 0.142. The van der Waals surface area contributed by atoms with Crippen LogP contribution in [0.1, 0.15) is 17.2 Å². The average molecular weight is 274 g/mol. The lowest BCUT2D eigenvalue weighted by molar-refractivity contribution is 0.104. The van der Waals surface area contributed by atoms with Gasteiger partial charge in [0, 0.05) is 13.5 Å². The van der Waals surface area contributed by atoms with Crippen molar-refractivity contribution in [1.29, 1.82) is 0 Å². The molecule has 0 heterocycles. The highest BCUT2D eigenvalue weighted by Crippen LogP contribution is 2.21. The van der Waals surface area contributed by atoms with Gasteiger partial charge in [0.25, 0.3) is 0 Å². The maximum atomic E-state index is 8.56. The second-order valence-electron chi connectivity index (χ2n) is 4.11. The van der Waals surface area contributed by atoms with Crippen LogP contribution in [0.2, 0.25) is 0 Å². The van der Waals surface area contributed by atoms with Crippen LogP contribution in [0.15, 0.2) is 60.7 Å². The second-order valence-corrected chi connectivity index (χ2v) is 4.11. The summed E-state index contributed by atoms with van der Waals surface area (Å²) in [4.78, 5) is 8.56. The van der Waals surface area contributed by atoms with E-state index in [1.807, 2.05) is 24.3 Å². The SMILES string of the molecule is COC(Cc1ccccc1)c1ccccc1.O=C(O)O. The van der Waals surface area contributed by atoms with Crippen LogP contribution < -0.4 is 0 Å². The van der Waals surface area contributed by atoms with E-state index in [0.29, 0.717) is 0 Å². The fourth-order valence-electron chi connectivity index (χ4n) is 1.83. The highest BCUT2D eigenvalue weighted by molar-refractivity contribution is 5.53. The number of methoxy groups -OCH3 is 1. The van der Waals surface area contributed by atoms with E-state index in [9.17, 15) is 0 Å². The van der Waals surface area contributed by atoms with Gasteiger partial charge in [0.05, 0.1) is 6.10 Å². The number of carboxylic acid groups (broad SMARTS) is 2. The van der Waals surface area contributed by atoms with Crippen molar-refractivity contribution >= 4 is 6.16 Å². The first-order valence-electron chi connectivity index (χ1n) is 6.17. The predicted molar refractivity (Wildman–Crippen MR) is 77.0 cm³/mol. The summed E-state index contributed by atoms with van der Waals surface area (Å²) in [6, 6.07) is 20.8. The van der Waals surface area contributed by atoms with E-state index in [2.05, 4.69) is 36.4 Å². The molecule has 0 aliphatic carbocycles. The first kappa shape index (κ1) is 15.7. The van der Waals surface area contributed by atoms with Crippen LogP contribution in [-0.2, 0) is 11.2 Å². The maximum absolute atomic E-state index is 8.56. The van der Waals surface area contributed by atoms with E-state index in [4.69, 9.17) is 19.7 Å². The number of carbonyl (C=O) groups is 1. The molecule has 2 N–H and O–H groups in total. The molecule has 0 fully saturated rings. The highest BCUT2D eigenvalue weighted by atomic mass is 16.6. The molecule has 4 heteroatoms. The van der Waals surface area contributed by atoms with Crippen LogP contribution >= 0.6 is 0 Å². The molecule has 106 valence electrons. The Labute approximate surface area is 118 Å². The second kappa shape index (κ2) is 8.72. The minimum Gasteiger partial charge on any atom is -0.450 e. The van der Waals surface area contributed by atoms with Crippen LogP contribution in [0, 0.1) is 0 Å². The van der Waals surface area contributed by atoms with Gasteiger partial charge in [-0.1, -0.05) is 60.7 Å². The van der Waals surface area contributed by atoms with E-state index in [1.54, 1.807) is 7.11 Å². The monoisotopic (exact) mass is 274 g/mol. The summed E-state index contributed by atoms with van der Waals surface area (Å²) in [6.07, 6.45) is -0.773. The molecule has 1 atom stereocenters. The summed E-state index contributed by atoms with van der Waals surface area (Å²) < 4.78 is 5.54. The Kier molecular flexibility index (Phi) is 6.85. The van der Waals surface area contributed by atoms with Gasteiger partial charge < -0.3 is 14.9 Å². The number of ether oxygens (including phenoxy) is 1. The van der Waals surface area contributed by atoms with Crippen LogP contribution in [0.25, 0.3) is 0 Å². The van der Waals surface area contributed by atoms with Gasteiger partial charge in [0.1, 0.15) is 0 Å². The molecule has 0 aromatic heterocycles. The molecule has 2 aromatic rings. The maximum Gasteiger partial charge on any atom is 0.503 e. The van der Waals surface area contributed by atoms with Gasteiger partial charge in [-0.25, -0.2) is 4.79 Å². The Hall–Kier alpha value is -2.33. The van der Waals surface area contributed by atoms with Crippen molar-refractivity contribution in [2.75, 3.05) is 7.11 Å². The Morgan fingerprint density at radius 1 is 1.00 bits per heavy atom. The molecule has 0 aliphatic rings. The molecule has 0 saturated carbocycles. The smallest absolute Gasteiger partial charge is 0.450 e. The summed E-state index contributed by atoms with van der Waals surface area (Å²) in [5.41, 5.74) is 2.53. The molecular weight excluding hydrogens is 256 g/mol. The van der Waals surface area contributed by atoms with Gasteiger partial charge in [-0.3, -0.25) is 0 Å². The number of benzene rings is 2. The molecule has 1 unspecified atom stereocenters. The molecule has 0 aliphatic heterocycles. The zero-order chi connectivity index (χ0) is 14.8. The van der Waals surface area contributed by atoms with Gasteiger partial charge in [-0.05, 0) is 11.1 Å². The zero-order valence-electron chi connectivity index (χ0n) is 11.3. The van der Waals surface area contributed by atoms with Crippen LogP contribution in [-0.4, -0.2) is 23.5 Å². The van der Waals surface area contributed by atoms with E-state index in [1.165, 1.54) is 11.1 Å². The summed E-state index contributed by atoms with van der Waals surface area (Å²) in [5, 5.41) is 13.9. The molecule has 0 saturated heterocycles. The topological polar surface area (TPSA) is 66.8 Å². The molecule has 2 aromatic carbocycles. The first-order chi connectivity index (χ1) is 9.63. The van der Waals surface area contributed by atoms with Crippen LogP contribution in [0.3, 0.4) is 0 Å². The lowest BCUT2D eigenvalue weighted by atomic mass is 10.0. The zero-order valence-corrected chi connectivity index (χ0v) is 11.3. The van der Waals surface area contributed by atoms with Crippen LogP contribution in [0.4, 0.5) is 4.79 Å². The third-order valence-electron chi connectivity index (χ3n) is 2.72. The molecular formula is C16H18O4. The number of hydrogen-bond donors (Lipinski definition) is 2. The standard InChI is InChI=1S/C15H16O.CH2O3/c1-16-15(14-10-6-3-7-11-14)12-13-8-4-2-5-9-13;2-1(3)4/h2-11,15H,12H2,1H3;(H2,2,3,4). The Balaban J connectivity index is 0.000000444. The van der Waals surface area contributed by atoms with Gasteiger partial charge in [-0.2, -0.15) is 0 Å². The fraction of sp³-hybridized carbons (Fsp3) is 0.188. The van der Waals surface area contributed by atoms with E-state index in [0.717, 1.165) is 6.42 Å². The molecule has 4 nitrogen and oxygen atoms in total. The van der Waals surface area contributed by atoms with Gasteiger partial charge in [0.2, 0.25) is 0 Å². The quantitative estimate of drug-likeness (QED) is 0.889. The lowest BCUT2D eigenvalue weighted by Gasteiger charge is -2.15. The number of hydrogen-bond acceptors (Lipinski definition) is 2. The van der Waals surface area contributed by atoms with Gasteiger partial charge in [-0.15, -0.1) is 0 Å². The van der Waals surface area contributed by atoms with Crippen molar-refractivity contribution in [2.45, 2.75) is 12.5 Å². The van der Waals surface area contributed by atoms with Crippen molar-refractivity contribution in [3.05, 3.63) is 71.8 Å². The summed E-state index contributed by atoms with van der Waals surface area (Å²) >= 11 is 0. The van der Waals surface area contributed by atoms with Crippen LogP contribution in [0.5, 0.6) is 0 Å². The van der Waals surface area contributed by atoms with Crippen molar-refractivity contribution in [1.82, 2.24) is 0 Å². The van der Waals surface area contributed by atoms with Gasteiger partial charge in [0.15, 0.2) is 0 Å². The minimum atomic E-state index is -1.83. The average Bonchev–Trinajstić information content (AvgIpc) is 2.46. The molecule has 0 bridgehead atoms. The number of rotatable bonds is 4. The normalized spacial score (nSPS) is 11.1. The third kappa shape index (κ3) is 6.02. The van der Waals surface area contributed by atoms with Crippen molar-refractivity contribution in [3.63, 3.8) is 0 Å². The molecule has 0 radical (unpaired) electrons. The fourth-order valence-corrected chi connectivity index (χ4v) is 1.83. The van der Waals surface area contributed by atoms with Crippen molar-refractivity contribution in [3.8, 4) is 0 Å². The molecule has 20 heavy (non-hydrogen) atoms. The Morgan fingerprint density at radius 3 is 1.90 bits per heavy atom. The van der Waals surface area contributed by atoms with Crippen molar-refractivity contribution < 1.29 is 19.7 Å². The first-order valence-corrected chi connectivity index (χ1v) is 6.17. The summed E-state index contributed by atoms with van der Waals surface area (Å²) in [5.74, 6) is 0. The summed E-state index contributed by atoms with van der Waals surface area (Å²) in [6.45, 7) is 0. The predicted octanol–water partition coefficient (Wildman–Crippen LogP) is 3.84. The Bertz CT molecular complexity index is 492. The van der Waals surface area contributed by atoms with Gasteiger partial charge >= 0.3 is 6.16 Å². The molecule has 0 amide bonds. The van der Waals surface area contributed by atoms with E-state index < -0.39 is 6.16 Å². The van der Waals surface area contributed by atoms with E-state index in [-0.39, 0.29) is 6.10 Å². The Morgan fingerprint density at radius 2 is 1.45 bits per heavy atom. The lowest BCUT2D eigenvalue weighted by Crippen LogP contribution is -2.04. The third-order valence-corrected chi connectivity index (χ3v) is 2.72. The molecule has 0 spiro atoms. The summed E-state index contributed by atoms with van der Waals surface area (Å²) in [7, 11) is 1.76. The van der Waals surface area contributed by atoms with Crippen molar-refractivity contribution in [2.24, 2.45) is 0 Å². The van der Waals surface area contributed by atoms with E-state index >= 15 is 0 Å². The largest absolute Gasteiger partial charge is 0.503 e. The highest BCUT2D eigenvalue weighted by Gasteiger charge is 2.10.